The molecule has 1 aromatic heterocycles. The zero-order valence-corrected chi connectivity index (χ0v) is 11.4. The van der Waals surface area contributed by atoms with Crippen LogP contribution in [-0.4, -0.2) is 23.0 Å². The van der Waals surface area contributed by atoms with E-state index >= 15 is 0 Å². The van der Waals surface area contributed by atoms with E-state index in [0.717, 1.165) is 12.8 Å². The highest BCUT2D eigenvalue weighted by Gasteiger charge is 2.44. The van der Waals surface area contributed by atoms with Gasteiger partial charge in [-0.15, -0.1) is 0 Å². The average Bonchev–Trinajstić information content (AvgIpc) is 2.79. The van der Waals surface area contributed by atoms with E-state index in [-0.39, 0.29) is 11.0 Å². The summed E-state index contributed by atoms with van der Waals surface area (Å²) < 4.78 is 5.02. The van der Waals surface area contributed by atoms with Gasteiger partial charge in [-0.05, 0) is 43.5 Å². The SMILES string of the molecule is CC1(C(=O)O)CCCCC1NC(=O)c1ccc(Cl)o1. The summed E-state index contributed by atoms with van der Waals surface area (Å²) >= 11 is 5.61. The molecule has 5 nitrogen and oxygen atoms in total. The van der Waals surface area contributed by atoms with Crippen molar-refractivity contribution in [2.24, 2.45) is 5.41 Å². The van der Waals surface area contributed by atoms with Gasteiger partial charge in [0.15, 0.2) is 11.0 Å². The standard InChI is InChI=1S/C13H16ClNO4/c1-13(12(17)18)7-3-2-4-9(13)15-11(16)8-5-6-10(14)19-8/h5-6,9H,2-4,7H2,1H3,(H,15,16)(H,17,18). The van der Waals surface area contributed by atoms with Crippen molar-refractivity contribution in [2.45, 2.75) is 38.6 Å². The Morgan fingerprint density at radius 3 is 2.79 bits per heavy atom. The fourth-order valence-corrected chi connectivity index (χ4v) is 2.63. The highest BCUT2D eigenvalue weighted by molar-refractivity contribution is 6.29. The van der Waals surface area contributed by atoms with E-state index in [1.54, 1.807) is 6.92 Å². The molecular weight excluding hydrogens is 270 g/mol. The van der Waals surface area contributed by atoms with E-state index in [1.165, 1.54) is 12.1 Å². The van der Waals surface area contributed by atoms with Gasteiger partial charge in [0, 0.05) is 6.04 Å². The van der Waals surface area contributed by atoms with Crippen LogP contribution in [0.5, 0.6) is 0 Å². The molecule has 0 saturated heterocycles. The molecule has 0 spiro atoms. The number of carbonyl (C=O) groups is 2. The average molecular weight is 286 g/mol. The van der Waals surface area contributed by atoms with Gasteiger partial charge < -0.3 is 14.8 Å². The molecule has 1 fully saturated rings. The van der Waals surface area contributed by atoms with Crippen LogP contribution < -0.4 is 5.32 Å². The quantitative estimate of drug-likeness (QED) is 0.895. The smallest absolute Gasteiger partial charge is 0.311 e. The number of halogens is 1. The van der Waals surface area contributed by atoms with Gasteiger partial charge in [-0.3, -0.25) is 9.59 Å². The van der Waals surface area contributed by atoms with Gasteiger partial charge in [-0.2, -0.15) is 0 Å². The van der Waals surface area contributed by atoms with Crippen molar-refractivity contribution >= 4 is 23.5 Å². The lowest BCUT2D eigenvalue weighted by Gasteiger charge is -2.38. The number of carboxylic acids is 1. The molecule has 2 atom stereocenters. The Morgan fingerprint density at radius 2 is 2.21 bits per heavy atom. The first-order valence-electron chi connectivity index (χ1n) is 6.23. The van der Waals surface area contributed by atoms with Crippen LogP contribution in [0.15, 0.2) is 16.5 Å². The minimum atomic E-state index is -0.926. The summed E-state index contributed by atoms with van der Waals surface area (Å²) in [5, 5.41) is 12.2. The molecule has 2 unspecified atom stereocenters. The predicted octanol–water partition coefficient (Wildman–Crippen LogP) is 2.70. The molecule has 0 bridgehead atoms. The number of carboxylic acid groups (broad SMARTS) is 1. The van der Waals surface area contributed by atoms with E-state index < -0.39 is 23.3 Å². The zero-order chi connectivity index (χ0) is 14.0. The number of furan rings is 1. The molecule has 1 aromatic rings. The molecule has 0 aromatic carbocycles. The molecule has 2 rings (SSSR count). The van der Waals surface area contributed by atoms with Crippen molar-refractivity contribution in [1.82, 2.24) is 5.32 Å². The first-order valence-corrected chi connectivity index (χ1v) is 6.61. The third kappa shape index (κ3) is 2.76. The van der Waals surface area contributed by atoms with Crippen molar-refractivity contribution < 1.29 is 19.1 Å². The van der Waals surface area contributed by atoms with Crippen LogP contribution in [0.25, 0.3) is 0 Å². The topological polar surface area (TPSA) is 79.5 Å². The van der Waals surface area contributed by atoms with Crippen molar-refractivity contribution in [3.05, 3.63) is 23.1 Å². The number of aliphatic carboxylic acids is 1. The predicted molar refractivity (Wildman–Crippen MR) is 69.2 cm³/mol. The number of rotatable bonds is 3. The second kappa shape index (κ2) is 5.25. The molecule has 0 radical (unpaired) electrons. The summed E-state index contributed by atoms with van der Waals surface area (Å²) in [5.74, 6) is -1.20. The van der Waals surface area contributed by atoms with Crippen LogP contribution in [0.4, 0.5) is 0 Å². The fraction of sp³-hybridized carbons (Fsp3) is 0.538. The second-order valence-electron chi connectivity index (χ2n) is 5.10. The van der Waals surface area contributed by atoms with Gasteiger partial charge in [0.25, 0.3) is 5.91 Å². The first kappa shape index (κ1) is 13.9. The van der Waals surface area contributed by atoms with Crippen molar-refractivity contribution in [2.75, 3.05) is 0 Å². The third-order valence-electron chi connectivity index (χ3n) is 3.80. The molecule has 6 heteroatoms. The third-order valence-corrected chi connectivity index (χ3v) is 4.00. The monoisotopic (exact) mass is 285 g/mol. The number of hydrogen-bond donors (Lipinski definition) is 2. The summed E-state index contributed by atoms with van der Waals surface area (Å²) in [7, 11) is 0. The second-order valence-corrected chi connectivity index (χ2v) is 5.47. The normalized spacial score (nSPS) is 26.9. The van der Waals surface area contributed by atoms with Gasteiger partial charge in [0.05, 0.1) is 5.41 Å². The van der Waals surface area contributed by atoms with Gasteiger partial charge >= 0.3 is 5.97 Å². The van der Waals surface area contributed by atoms with Crippen LogP contribution in [0.1, 0.15) is 43.2 Å². The van der Waals surface area contributed by atoms with Crippen molar-refractivity contribution in [3.63, 3.8) is 0 Å². The molecule has 0 aliphatic heterocycles. The van der Waals surface area contributed by atoms with E-state index in [0.29, 0.717) is 12.8 Å². The Morgan fingerprint density at radius 1 is 1.47 bits per heavy atom. The number of nitrogens with one attached hydrogen (secondary N) is 1. The van der Waals surface area contributed by atoms with Gasteiger partial charge in [0.1, 0.15) is 0 Å². The lowest BCUT2D eigenvalue weighted by atomic mass is 9.71. The molecule has 1 aliphatic rings. The fourth-order valence-electron chi connectivity index (χ4n) is 2.49. The molecule has 1 aliphatic carbocycles. The lowest BCUT2D eigenvalue weighted by molar-refractivity contribution is -0.151. The molecule has 1 amide bonds. The summed E-state index contributed by atoms with van der Waals surface area (Å²) in [4.78, 5) is 23.4. The summed E-state index contributed by atoms with van der Waals surface area (Å²) in [5.41, 5.74) is -0.926. The molecule has 19 heavy (non-hydrogen) atoms. The Balaban J connectivity index is 2.12. The number of carbonyl (C=O) groups excluding carboxylic acids is 1. The Kier molecular flexibility index (Phi) is 3.85. The van der Waals surface area contributed by atoms with E-state index in [1.807, 2.05) is 0 Å². The summed E-state index contributed by atoms with van der Waals surface area (Å²) in [6.45, 7) is 1.68. The maximum Gasteiger partial charge on any atom is 0.311 e. The van der Waals surface area contributed by atoms with Crippen molar-refractivity contribution in [3.8, 4) is 0 Å². The first-order chi connectivity index (χ1) is 8.93. The maximum absolute atomic E-state index is 12.0. The van der Waals surface area contributed by atoms with E-state index in [9.17, 15) is 14.7 Å². The van der Waals surface area contributed by atoms with Gasteiger partial charge in [0.2, 0.25) is 0 Å². The van der Waals surface area contributed by atoms with Crippen LogP contribution in [-0.2, 0) is 4.79 Å². The largest absolute Gasteiger partial charge is 0.481 e. The van der Waals surface area contributed by atoms with Gasteiger partial charge in [-0.25, -0.2) is 0 Å². The van der Waals surface area contributed by atoms with Crippen LogP contribution in [0.3, 0.4) is 0 Å². The number of amides is 1. The van der Waals surface area contributed by atoms with Crippen LogP contribution >= 0.6 is 11.6 Å². The van der Waals surface area contributed by atoms with Crippen LogP contribution in [0.2, 0.25) is 5.22 Å². The lowest BCUT2D eigenvalue weighted by Crippen LogP contribution is -2.52. The summed E-state index contributed by atoms with van der Waals surface area (Å²) in [6.07, 6.45) is 2.99. The van der Waals surface area contributed by atoms with Gasteiger partial charge in [-0.1, -0.05) is 12.8 Å². The maximum atomic E-state index is 12.0. The highest BCUT2D eigenvalue weighted by atomic mass is 35.5. The van der Waals surface area contributed by atoms with E-state index in [4.69, 9.17) is 16.0 Å². The summed E-state index contributed by atoms with van der Waals surface area (Å²) in [6, 6.07) is 2.56. The van der Waals surface area contributed by atoms with Crippen LogP contribution in [0, 0.1) is 5.41 Å². The van der Waals surface area contributed by atoms with Crippen molar-refractivity contribution in [1.29, 1.82) is 0 Å². The Labute approximate surface area is 115 Å². The van der Waals surface area contributed by atoms with E-state index in [2.05, 4.69) is 5.32 Å². The Hall–Kier alpha value is -1.49. The molecular formula is C13H16ClNO4. The minimum Gasteiger partial charge on any atom is -0.481 e. The minimum absolute atomic E-state index is 0.100. The molecule has 104 valence electrons. The molecule has 1 saturated carbocycles. The molecule has 1 heterocycles. The highest BCUT2D eigenvalue weighted by Crippen LogP contribution is 2.36. The number of hydrogen-bond acceptors (Lipinski definition) is 3. The molecule has 2 N–H and O–H groups in total. The Bertz CT molecular complexity index is 499. The zero-order valence-electron chi connectivity index (χ0n) is 10.6.